The summed E-state index contributed by atoms with van der Waals surface area (Å²) in [4.78, 5) is 1.95. The van der Waals surface area contributed by atoms with Crippen LogP contribution < -0.4 is 23.8 Å². The number of hydrogen-bond acceptors (Lipinski definition) is 5. The minimum Gasteiger partial charge on any atom is -0.490 e. The number of hydrogen-bond donors (Lipinski definition) is 0. The van der Waals surface area contributed by atoms with Crippen LogP contribution >= 0.6 is 15.9 Å². The van der Waals surface area contributed by atoms with E-state index in [2.05, 4.69) is 20.7 Å². The zero-order valence-electron chi connectivity index (χ0n) is 26.2. The van der Waals surface area contributed by atoms with Crippen LogP contribution in [0.3, 0.4) is 0 Å². The van der Waals surface area contributed by atoms with Gasteiger partial charge in [0.1, 0.15) is 54.0 Å². The highest BCUT2D eigenvalue weighted by molar-refractivity contribution is 9.10. The lowest BCUT2D eigenvalue weighted by atomic mass is 10.1. The number of piperidine rings is 1. The van der Waals surface area contributed by atoms with Gasteiger partial charge in [-0.1, -0.05) is 60.7 Å². The van der Waals surface area contributed by atoms with E-state index in [1.54, 1.807) is 24.3 Å². The topological polar surface area (TPSA) is 40.2 Å². The summed E-state index contributed by atoms with van der Waals surface area (Å²) in [6.45, 7) is 2.01. The van der Waals surface area contributed by atoms with Crippen molar-refractivity contribution in [3.8, 4) is 23.0 Å². The largest absolute Gasteiger partial charge is 0.573 e. The molecule has 1 fully saturated rings. The molecule has 0 saturated carbocycles. The molecule has 0 radical (unpaired) electrons. The van der Waals surface area contributed by atoms with E-state index in [1.807, 2.05) is 65.6 Å². The van der Waals surface area contributed by atoms with Crippen LogP contribution in [0.2, 0.25) is 0 Å². The van der Waals surface area contributed by atoms with Crippen molar-refractivity contribution in [2.75, 3.05) is 18.0 Å². The second kappa shape index (κ2) is 17.1. The number of alkyl halides is 3. The maximum absolute atomic E-state index is 14.7. The van der Waals surface area contributed by atoms with Gasteiger partial charge in [0.25, 0.3) is 0 Å². The summed E-state index contributed by atoms with van der Waals surface area (Å²) in [7, 11) is 0. The maximum Gasteiger partial charge on any atom is 0.573 e. The fraction of sp³-hybridized carbons (Fsp3) is 0.211. The molecule has 5 nitrogen and oxygen atoms in total. The fourth-order valence-corrected chi connectivity index (χ4v) is 5.26. The van der Waals surface area contributed by atoms with Gasteiger partial charge in [0.15, 0.2) is 0 Å². The lowest BCUT2D eigenvalue weighted by molar-refractivity contribution is -0.274. The molecule has 0 spiro atoms. The molecular weight excluding hydrogens is 709 g/mol. The van der Waals surface area contributed by atoms with Crippen molar-refractivity contribution in [3.63, 3.8) is 0 Å². The van der Waals surface area contributed by atoms with Crippen molar-refractivity contribution in [2.24, 2.45) is 0 Å². The summed E-state index contributed by atoms with van der Waals surface area (Å²) in [5.41, 5.74) is 2.58. The maximum atomic E-state index is 14.7. The molecule has 1 aliphatic rings. The van der Waals surface area contributed by atoms with E-state index in [4.69, 9.17) is 14.2 Å². The van der Waals surface area contributed by atoms with Crippen molar-refractivity contribution in [1.82, 2.24) is 0 Å². The summed E-state index contributed by atoms with van der Waals surface area (Å²) in [6, 6.07) is 34.4. The van der Waals surface area contributed by atoms with E-state index < -0.39 is 6.36 Å². The van der Waals surface area contributed by atoms with Gasteiger partial charge < -0.3 is 23.8 Å². The van der Waals surface area contributed by atoms with Crippen molar-refractivity contribution < 1.29 is 40.9 Å². The number of benzene rings is 5. The Morgan fingerprint density at radius 2 is 1.10 bits per heavy atom. The van der Waals surface area contributed by atoms with Crippen molar-refractivity contribution in [3.05, 3.63) is 149 Å². The molecule has 5 aromatic carbocycles. The molecule has 256 valence electrons. The highest BCUT2D eigenvalue weighted by Crippen LogP contribution is 2.30. The third-order valence-corrected chi connectivity index (χ3v) is 8.09. The number of nitrogens with zero attached hydrogens (tertiary/aromatic N) is 1. The lowest BCUT2D eigenvalue weighted by Gasteiger charge is -2.34. The molecule has 1 heterocycles. The van der Waals surface area contributed by atoms with E-state index in [0.717, 1.165) is 11.1 Å². The predicted molar refractivity (Wildman–Crippen MR) is 181 cm³/mol. The predicted octanol–water partition coefficient (Wildman–Crippen LogP) is 10.5. The molecule has 0 N–H and O–H groups in total. The molecule has 0 aromatic heterocycles. The van der Waals surface area contributed by atoms with Crippen LogP contribution in [-0.2, 0) is 13.2 Å². The molecule has 1 saturated heterocycles. The molecule has 0 bridgehead atoms. The van der Waals surface area contributed by atoms with Crippen molar-refractivity contribution in [1.29, 1.82) is 0 Å². The Bertz CT molecular complexity index is 1750. The Labute approximate surface area is 289 Å². The molecular formula is C38H33BrF5NO4. The van der Waals surface area contributed by atoms with Crippen LogP contribution in [0.25, 0.3) is 0 Å². The molecule has 0 unspecified atom stereocenters. The Kier molecular flexibility index (Phi) is 12.4. The minimum atomic E-state index is -4.73. The first-order valence-corrected chi connectivity index (χ1v) is 16.3. The van der Waals surface area contributed by atoms with Gasteiger partial charge in [0.05, 0.1) is 10.2 Å². The van der Waals surface area contributed by atoms with Crippen LogP contribution in [0.5, 0.6) is 23.0 Å². The van der Waals surface area contributed by atoms with Gasteiger partial charge in [-0.3, -0.25) is 0 Å². The van der Waals surface area contributed by atoms with Crippen LogP contribution in [0.4, 0.5) is 27.6 Å². The quantitative estimate of drug-likeness (QED) is 0.133. The molecule has 6 rings (SSSR count). The third kappa shape index (κ3) is 11.4. The van der Waals surface area contributed by atoms with Crippen LogP contribution in [0, 0.1) is 11.6 Å². The van der Waals surface area contributed by atoms with E-state index in [-0.39, 0.29) is 23.5 Å². The van der Waals surface area contributed by atoms with Gasteiger partial charge >= 0.3 is 6.36 Å². The second-order valence-electron chi connectivity index (χ2n) is 11.1. The average molecular weight is 743 g/mol. The normalized spacial score (nSPS) is 13.2. The number of anilines is 1. The molecule has 0 aliphatic carbocycles. The van der Waals surface area contributed by atoms with Crippen molar-refractivity contribution in [2.45, 2.75) is 38.5 Å². The first-order chi connectivity index (χ1) is 23.6. The summed E-state index contributed by atoms with van der Waals surface area (Å²) in [6.07, 6.45) is -3.51. The molecule has 5 aromatic rings. The third-order valence-electron chi connectivity index (χ3n) is 7.45. The van der Waals surface area contributed by atoms with Gasteiger partial charge in [-0.2, -0.15) is 0 Å². The number of ether oxygens (including phenoxy) is 4. The molecule has 11 heteroatoms. The van der Waals surface area contributed by atoms with Gasteiger partial charge in [-0.25, -0.2) is 8.78 Å². The van der Waals surface area contributed by atoms with E-state index in [0.29, 0.717) is 66.6 Å². The Hall–Kier alpha value is -4.77. The fourth-order valence-electron chi connectivity index (χ4n) is 5.01. The lowest BCUT2D eigenvalue weighted by Crippen LogP contribution is -2.38. The number of rotatable bonds is 10. The smallest absolute Gasteiger partial charge is 0.490 e. The molecule has 0 atom stereocenters. The molecule has 49 heavy (non-hydrogen) atoms. The summed E-state index contributed by atoms with van der Waals surface area (Å²) < 4.78 is 86.0. The average Bonchev–Trinajstić information content (AvgIpc) is 3.10. The monoisotopic (exact) mass is 741 g/mol. The highest BCUT2D eigenvalue weighted by Gasteiger charge is 2.31. The van der Waals surface area contributed by atoms with E-state index >= 15 is 0 Å². The zero-order chi connectivity index (χ0) is 34.6. The standard InChI is InChI=1S/C25H23F4NO3.C13H10BrFO/c26-23-16-22(31-17-18-4-2-1-3-5-18)10-11-24(23)30-14-12-20(13-15-30)32-19-6-8-21(9-7-19)33-25(27,28)29;14-12-7-6-11(8-13(12)15)16-9-10-4-2-1-3-5-10/h1-11,16,20H,12-15,17H2;1-8H,9H2. The van der Waals surface area contributed by atoms with Gasteiger partial charge in [-0.15, -0.1) is 13.2 Å². The van der Waals surface area contributed by atoms with E-state index in [1.165, 1.54) is 36.4 Å². The SMILES string of the molecule is Fc1cc(OCc2ccccc2)ccc1Br.Fc1cc(OCc2ccccc2)ccc1N1CCC(Oc2ccc(OC(F)(F)F)cc2)CC1. The molecule has 1 aliphatic heterocycles. The zero-order valence-corrected chi connectivity index (χ0v) is 27.8. The van der Waals surface area contributed by atoms with Gasteiger partial charge in [0, 0.05) is 38.1 Å². The minimum absolute atomic E-state index is 0.104. The number of halogens is 6. The Balaban J connectivity index is 0.000000244. The van der Waals surface area contributed by atoms with Crippen LogP contribution in [0.1, 0.15) is 24.0 Å². The van der Waals surface area contributed by atoms with Gasteiger partial charge in [0.2, 0.25) is 0 Å². The first kappa shape index (κ1) is 35.5. The Morgan fingerprint density at radius 1 is 0.612 bits per heavy atom. The summed E-state index contributed by atoms with van der Waals surface area (Å²) in [5.74, 6) is 0.511. The summed E-state index contributed by atoms with van der Waals surface area (Å²) in [5, 5.41) is 0. The summed E-state index contributed by atoms with van der Waals surface area (Å²) >= 11 is 3.09. The van der Waals surface area contributed by atoms with Crippen LogP contribution in [-0.4, -0.2) is 25.6 Å². The molecule has 0 amide bonds. The first-order valence-electron chi connectivity index (χ1n) is 15.5. The van der Waals surface area contributed by atoms with Crippen molar-refractivity contribution >= 4 is 21.6 Å². The van der Waals surface area contributed by atoms with E-state index in [9.17, 15) is 22.0 Å². The highest BCUT2D eigenvalue weighted by atomic mass is 79.9. The Morgan fingerprint density at radius 3 is 1.61 bits per heavy atom. The second-order valence-corrected chi connectivity index (χ2v) is 11.9. The van der Waals surface area contributed by atoms with Crippen LogP contribution in [0.15, 0.2) is 126 Å². The van der Waals surface area contributed by atoms with Gasteiger partial charge in [-0.05, 0) is 75.6 Å².